The van der Waals surface area contributed by atoms with Crippen molar-refractivity contribution in [3.8, 4) is 0 Å². The molecule has 0 heterocycles. The van der Waals surface area contributed by atoms with Gasteiger partial charge in [0.2, 0.25) is 15.9 Å². The van der Waals surface area contributed by atoms with Crippen molar-refractivity contribution in [1.29, 1.82) is 0 Å². The summed E-state index contributed by atoms with van der Waals surface area (Å²) in [5.74, 6) is -0.333. The highest BCUT2D eigenvalue weighted by Crippen LogP contribution is 2.14. The minimum Gasteiger partial charge on any atom is -0.352 e. The van der Waals surface area contributed by atoms with Crippen LogP contribution in [0.2, 0.25) is 0 Å². The van der Waals surface area contributed by atoms with Gasteiger partial charge in [-0.2, -0.15) is 4.72 Å². The van der Waals surface area contributed by atoms with Crippen LogP contribution < -0.4 is 10.0 Å². The molecule has 0 unspecified atom stereocenters. The van der Waals surface area contributed by atoms with Gasteiger partial charge in [0.1, 0.15) is 0 Å². The fourth-order valence-electron chi connectivity index (χ4n) is 1.44. The normalized spacial score (nSPS) is 14.6. The molecule has 112 valence electrons. The van der Waals surface area contributed by atoms with Gasteiger partial charge in [-0.15, -0.1) is 0 Å². The molecule has 1 rings (SSSR count). The average molecular weight is 363 g/mol. The summed E-state index contributed by atoms with van der Waals surface area (Å²) in [7, 11) is -3.70. The molecule has 1 aromatic carbocycles. The fourth-order valence-corrected chi connectivity index (χ4v) is 2.91. The topological polar surface area (TPSA) is 75.3 Å². The summed E-state index contributed by atoms with van der Waals surface area (Å²) in [5, 5.41) is 2.74. The summed E-state index contributed by atoms with van der Waals surface area (Å²) in [6, 6.07) is 5.42. The molecule has 0 aliphatic heterocycles. The maximum Gasteiger partial charge on any atom is 0.241 e. The van der Waals surface area contributed by atoms with E-state index in [0.29, 0.717) is 0 Å². The molecule has 20 heavy (non-hydrogen) atoms. The first-order valence-electron chi connectivity index (χ1n) is 6.34. The number of rotatable bonds is 6. The highest BCUT2D eigenvalue weighted by Gasteiger charge is 2.22. The van der Waals surface area contributed by atoms with Crippen molar-refractivity contribution in [3.05, 3.63) is 28.7 Å². The third-order valence-corrected chi connectivity index (χ3v) is 4.94. The fraction of sp³-hybridized carbons (Fsp3) is 0.462. The van der Waals surface area contributed by atoms with Gasteiger partial charge in [0.15, 0.2) is 0 Å². The number of carbonyl (C=O) groups is 1. The van der Waals surface area contributed by atoms with Gasteiger partial charge in [0, 0.05) is 10.5 Å². The number of hydrogen-bond donors (Lipinski definition) is 2. The maximum absolute atomic E-state index is 12.1. The summed E-state index contributed by atoms with van der Waals surface area (Å²) < 4.78 is 27.4. The Bertz CT molecular complexity index is 557. The first-order chi connectivity index (χ1) is 9.26. The molecule has 0 aliphatic carbocycles. The minimum absolute atomic E-state index is 0.0159. The molecular formula is C13H19BrN2O3S. The van der Waals surface area contributed by atoms with E-state index < -0.39 is 16.1 Å². The van der Waals surface area contributed by atoms with Crippen LogP contribution in [0.3, 0.4) is 0 Å². The molecule has 2 N–H and O–H groups in total. The van der Waals surface area contributed by atoms with Crippen LogP contribution in [-0.2, 0) is 14.8 Å². The van der Waals surface area contributed by atoms with E-state index in [0.717, 1.165) is 10.9 Å². The molecule has 0 spiro atoms. The molecule has 0 aliphatic rings. The molecule has 0 aromatic heterocycles. The largest absolute Gasteiger partial charge is 0.352 e. The van der Waals surface area contributed by atoms with Crippen LogP contribution in [0, 0.1) is 0 Å². The Morgan fingerprint density at radius 3 is 2.30 bits per heavy atom. The summed E-state index contributed by atoms with van der Waals surface area (Å²) in [4.78, 5) is 12.0. The number of carbonyl (C=O) groups excluding carboxylic acids is 1. The molecule has 1 amide bonds. The SMILES string of the molecule is CC[C@@H](C)NC(=O)[C@H](C)NS(=O)(=O)c1ccc(Br)cc1. The third-order valence-electron chi connectivity index (χ3n) is 2.85. The van der Waals surface area contributed by atoms with Gasteiger partial charge < -0.3 is 5.32 Å². The lowest BCUT2D eigenvalue weighted by atomic mass is 10.2. The van der Waals surface area contributed by atoms with Crippen LogP contribution in [-0.4, -0.2) is 26.4 Å². The van der Waals surface area contributed by atoms with Gasteiger partial charge in [-0.25, -0.2) is 8.42 Å². The quantitative estimate of drug-likeness (QED) is 0.812. The van der Waals surface area contributed by atoms with Gasteiger partial charge in [0.05, 0.1) is 10.9 Å². The van der Waals surface area contributed by atoms with Crippen molar-refractivity contribution in [2.24, 2.45) is 0 Å². The number of amides is 1. The Hall–Kier alpha value is -0.920. The number of benzene rings is 1. The van der Waals surface area contributed by atoms with E-state index in [9.17, 15) is 13.2 Å². The molecule has 0 saturated carbocycles. The van der Waals surface area contributed by atoms with Crippen LogP contribution in [0.5, 0.6) is 0 Å². The second kappa shape index (κ2) is 7.19. The highest BCUT2D eigenvalue weighted by molar-refractivity contribution is 9.10. The monoisotopic (exact) mass is 362 g/mol. The Kier molecular flexibility index (Phi) is 6.16. The van der Waals surface area contributed by atoms with Gasteiger partial charge >= 0.3 is 0 Å². The standard InChI is InChI=1S/C13H19BrN2O3S/c1-4-9(2)15-13(17)10(3)16-20(18,19)12-7-5-11(14)6-8-12/h5-10,16H,4H2,1-3H3,(H,15,17)/t9-,10+/m1/s1. The van der Waals surface area contributed by atoms with Crippen LogP contribution in [0.25, 0.3) is 0 Å². The zero-order valence-electron chi connectivity index (χ0n) is 11.7. The van der Waals surface area contributed by atoms with E-state index in [1.54, 1.807) is 12.1 Å². The van der Waals surface area contributed by atoms with Gasteiger partial charge in [-0.1, -0.05) is 22.9 Å². The Morgan fingerprint density at radius 2 is 1.80 bits per heavy atom. The number of nitrogens with one attached hydrogen (secondary N) is 2. The molecule has 0 bridgehead atoms. The minimum atomic E-state index is -3.70. The lowest BCUT2D eigenvalue weighted by molar-refractivity contribution is -0.122. The summed E-state index contributed by atoms with van der Waals surface area (Å²) in [6.45, 7) is 5.34. The predicted octanol–water partition coefficient (Wildman–Crippen LogP) is 2.03. The van der Waals surface area contributed by atoms with Crippen molar-refractivity contribution >= 4 is 31.9 Å². The first kappa shape index (κ1) is 17.1. The molecule has 2 atom stereocenters. The zero-order valence-corrected chi connectivity index (χ0v) is 14.1. The Morgan fingerprint density at radius 1 is 1.25 bits per heavy atom. The molecule has 0 fully saturated rings. The van der Waals surface area contributed by atoms with Crippen LogP contribution in [0.15, 0.2) is 33.6 Å². The smallest absolute Gasteiger partial charge is 0.241 e. The van der Waals surface area contributed by atoms with Crippen molar-refractivity contribution in [3.63, 3.8) is 0 Å². The van der Waals surface area contributed by atoms with E-state index >= 15 is 0 Å². The second-order valence-electron chi connectivity index (χ2n) is 4.61. The van der Waals surface area contributed by atoms with Crippen molar-refractivity contribution in [2.75, 3.05) is 0 Å². The molecule has 7 heteroatoms. The van der Waals surface area contributed by atoms with Crippen molar-refractivity contribution < 1.29 is 13.2 Å². The van der Waals surface area contributed by atoms with Crippen LogP contribution in [0.1, 0.15) is 27.2 Å². The predicted molar refractivity (Wildman–Crippen MR) is 81.8 cm³/mol. The lowest BCUT2D eigenvalue weighted by Gasteiger charge is -2.17. The molecule has 0 radical (unpaired) electrons. The van der Waals surface area contributed by atoms with Gasteiger partial charge in [-0.3, -0.25) is 4.79 Å². The van der Waals surface area contributed by atoms with Crippen molar-refractivity contribution in [2.45, 2.75) is 44.2 Å². The average Bonchev–Trinajstić information content (AvgIpc) is 2.38. The van der Waals surface area contributed by atoms with Crippen LogP contribution >= 0.6 is 15.9 Å². The summed E-state index contributed by atoms with van der Waals surface area (Å²) >= 11 is 3.24. The lowest BCUT2D eigenvalue weighted by Crippen LogP contribution is -2.47. The third kappa shape index (κ3) is 4.88. The second-order valence-corrected chi connectivity index (χ2v) is 7.24. The van der Waals surface area contributed by atoms with E-state index in [4.69, 9.17) is 0 Å². The van der Waals surface area contributed by atoms with E-state index in [2.05, 4.69) is 26.0 Å². The van der Waals surface area contributed by atoms with E-state index in [1.165, 1.54) is 19.1 Å². The number of hydrogen-bond acceptors (Lipinski definition) is 3. The molecule has 0 saturated heterocycles. The van der Waals surface area contributed by atoms with Crippen LogP contribution in [0.4, 0.5) is 0 Å². The van der Waals surface area contributed by atoms with E-state index in [-0.39, 0.29) is 16.8 Å². The first-order valence-corrected chi connectivity index (χ1v) is 8.62. The molecule has 5 nitrogen and oxygen atoms in total. The van der Waals surface area contributed by atoms with Crippen molar-refractivity contribution in [1.82, 2.24) is 10.0 Å². The Balaban J connectivity index is 2.75. The number of halogens is 1. The zero-order chi connectivity index (χ0) is 15.3. The maximum atomic E-state index is 12.1. The number of sulfonamides is 1. The molecule has 1 aromatic rings. The highest BCUT2D eigenvalue weighted by atomic mass is 79.9. The van der Waals surface area contributed by atoms with Gasteiger partial charge in [0.25, 0.3) is 0 Å². The molecular weight excluding hydrogens is 344 g/mol. The summed E-state index contributed by atoms with van der Waals surface area (Å²) in [6.07, 6.45) is 0.790. The van der Waals surface area contributed by atoms with Gasteiger partial charge in [-0.05, 0) is 44.5 Å². The van der Waals surface area contributed by atoms with E-state index in [1.807, 2.05) is 13.8 Å². The Labute approximate surface area is 128 Å². The summed E-state index contributed by atoms with van der Waals surface area (Å²) in [5.41, 5.74) is 0.